The molecule has 0 bridgehead atoms. The summed E-state index contributed by atoms with van der Waals surface area (Å²) in [6.45, 7) is 2.27. The van der Waals surface area contributed by atoms with Crippen molar-refractivity contribution in [2.75, 3.05) is 5.73 Å². The zero-order chi connectivity index (χ0) is 14.1. The number of tetrazole rings is 1. The van der Waals surface area contributed by atoms with E-state index in [1.807, 2.05) is 4.68 Å². The third kappa shape index (κ3) is 2.37. The van der Waals surface area contributed by atoms with Crippen LogP contribution in [-0.4, -0.2) is 20.2 Å². The summed E-state index contributed by atoms with van der Waals surface area (Å²) in [5.41, 5.74) is 6.31. The van der Waals surface area contributed by atoms with Crippen LogP contribution in [0.4, 0.5) is 10.1 Å². The number of hydrogen-bond acceptors (Lipinski definition) is 4. The molecule has 1 aliphatic carbocycles. The van der Waals surface area contributed by atoms with Crippen LogP contribution in [0.1, 0.15) is 38.6 Å². The lowest BCUT2D eigenvalue weighted by Gasteiger charge is -2.26. The first-order chi connectivity index (χ1) is 9.65. The van der Waals surface area contributed by atoms with Crippen LogP contribution in [0.25, 0.3) is 11.4 Å². The molecule has 0 saturated heterocycles. The minimum absolute atomic E-state index is 0.138. The second-order valence-electron chi connectivity index (χ2n) is 5.60. The van der Waals surface area contributed by atoms with Crippen molar-refractivity contribution in [3.8, 4) is 11.4 Å². The van der Waals surface area contributed by atoms with Crippen LogP contribution in [0, 0.1) is 11.7 Å². The molecule has 1 aromatic carbocycles. The fourth-order valence-corrected chi connectivity index (χ4v) is 2.78. The second kappa shape index (κ2) is 5.19. The third-order valence-corrected chi connectivity index (χ3v) is 4.08. The van der Waals surface area contributed by atoms with E-state index in [1.54, 1.807) is 12.1 Å². The number of aromatic nitrogens is 4. The number of benzene rings is 1. The van der Waals surface area contributed by atoms with Crippen LogP contribution in [0.3, 0.4) is 0 Å². The number of halogens is 1. The van der Waals surface area contributed by atoms with E-state index in [0.29, 0.717) is 17.4 Å². The lowest BCUT2D eigenvalue weighted by Crippen LogP contribution is -2.18. The Morgan fingerprint density at radius 1 is 1.25 bits per heavy atom. The Kier molecular flexibility index (Phi) is 3.38. The van der Waals surface area contributed by atoms with Crippen LogP contribution in [0.2, 0.25) is 0 Å². The number of nitrogen functional groups attached to an aromatic ring is 1. The van der Waals surface area contributed by atoms with Crippen molar-refractivity contribution < 1.29 is 4.39 Å². The third-order valence-electron chi connectivity index (χ3n) is 4.08. The van der Waals surface area contributed by atoms with Gasteiger partial charge in [-0.05, 0) is 60.2 Å². The summed E-state index contributed by atoms with van der Waals surface area (Å²) < 4.78 is 15.4. The van der Waals surface area contributed by atoms with Crippen LogP contribution in [0.15, 0.2) is 18.2 Å². The highest BCUT2D eigenvalue weighted by molar-refractivity contribution is 5.59. The van der Waals surface area contributed by atoms with Crippen LogP contribution < -0.4 is 5.73 Å². The molecule has 2 aromatic rings. The van der Waals surface area contributed by atoms with Gasteiger partial charge >= 0.3 is 0 Å². The van der Waals surface area contributed by atoms with E-state index >= 15 is 0 Å². The lowest BCUT2D eigenvalue weighted by atomic mass is 9.87. The van der Waals surface area contributed by atoms with Gasteiger partial charge in [0.2, 0.25) is 0 Å². The number of nitrogens with zero attached hydrogens (tertiary/aromatic N) is 4. The second-order valence-corrected chi connectivity index (χ2v) is 5.60. The Morgan fingerprint density at radius 2 is 2.00 bits per heavy atom. The first-order valence-corrected chi connectivity index (χ1v) is 6.98. The predicted octanol–water partition coefficient (Wildman–Crippen LogP) is 2.81. The number of hydrogen-bond donors (Lipinski definition) is 1. The molecule has 0 spiro atoms. The Morgan fingerprint density at radius 3 is 2.70 bits per heavy atom. The molecule has 0 amide bonds. The van der Waals surface area contributed by atoms with Gasteiger partial charge in [0.25, 0.3) is 0 Å². The van der Waals surface area contributed by atoms with Crippen molar-refractivity contribution in [2.45, 2.75) is 38.6 Å². The molecule has 0 atom stereocenters. The Balaban J connectivity index is 1.91. The summed E-state index contributed by atoms with van der Waals surface area (Å²) in [7, 11) is 0. The van der Waals surface area contributed by atoms with E-state index in [2.05, 4.69) is 22.4 Å². The highest BCUT2D eigenvalue weighted by Crippen LogP contribution is 2.33. The van der Waals surface area contributed by atoms with Gasteiger partial charge in [0, 0.05) is 5.56 Å². The molecule has 1 aliphatic rings. The largest absolute Gasteiger partial charge is 0.396 e. The van der Waals surface area contributed by atoms with Gasteiger partial charge in [-0.3, -0.25) is 0 Å². The van der Waals surface area contributed by atoms with Gasteiger partial charge < -0.3 is 5.73 Å². The maximum atomic E-state index is 13.6. The molecule has 1 fully saturated rings. The molecular formula is C14H18FN5. The van der Waals surface area contributed by atoms with Crippen molar-refractivity contribution in [1.82, 2.24) is 20.2 Å². The molecule has 20 heavy (non-hydrogen) atoms. The smallest absolute Gasteiger partial charge is 0.182 e. The van der Waals surface area contributed by atoms with Gasteiger partial charge in [0.1, 0.15) is 5.82 Å². The molecule has 1 aromatic heterocycles. The van der Waals surface area contributed by atoms with Crippen molar-refractivity contribution in [2.24, 2.45) is 5.92 Å². The number of rotatable bonds is 2. The lowest BCUT2D eigenvalue weighted by molar-refractivity contribution is 0.272. The van der Waals surface area contributed by atoms with E-state index in [0.717, 1.165) is 18.8 Å². The predicted molar refractivity (Wildman–Crippen MR) is 74.3 cm³/mol. The van der Waals surface area contributed by atoms with E-state index in [9.17, 15) is 4.39 Å². The summed E-state index contributed by atoms with van der Waals surface area (Å²) in [6.07, 6.45) is 4.49. The monoisotopic (exact) mass is 275 g/mol. The maximum absolute atomic E-state index is 13.6. The average Bonchev–Trinajstić information content (AvgIpc) is 2.92. The molecule has 1 saturated carbocycles. The molecule has 6 heteroatoms. The highest BCUT2D eigenvalue weighted by atomic mass is 19.1. The van der Waals surface area contributed by atoms with Crippen molar-refractivity contribution in [3.63, 3.8) is 0 Å². The zero-order valence-corrected chi connectivity index (χ0v) is 11.5. The van der Waals surface area contributed by atoms with E-state index in [1.165, 1.54) is 18.9 Å². The van der Waals surface area contributed by atoms with Gasteiger partial charge in [0.05, 0.1) is 11.7 Å². The summed E-state index contributed by atoms with van der Waals surface area (Å²) in [5.74, 6) is 0.943. The number of anilines is 1. The van der Waals surface area contributed by atoms with Crippen LogP contribution in [0.5, 0.6) is 0 Å². The van der Waals surface area contributed by atoms with Gasteiger partial charge in [-0.25, -0.2) is 9.07 Å². The van der Waals surface area contributed by atoms with Crippen LogP contribution in [-0.2, 0) is 0 Å². The molecule has 1 heterocycles. The van der Waals surface area contributed by atoms with Gasteiger partial charge in [-0.15, -0.1) is 5.10 Å². The molecular weight excluding hydrogens is 257 g/mol. The normalized spacial score (nSPS) is 22.9. The molecule has 2 N–H and O–H groups in total. The summed E-state index contributed by atoms with van der Waals surface area (Å²) >= 11 is 0. The van der Waals surface area contributed by atoms with E-state index < -0.39 is 5.82 Å². The fourth-order valence-electron chi connectivity index (χ4n) is 2.78. The summed E-state index contributed by atoms with van der Waals surface area (Å²) in [6, 6.07) is 5.00. The minimum atomic E-state index is -0.436. The Labute approximate surface area is 117 Å². The summed E-state index contributed by atoms with van der Waals surface area (Å²) in [4.78, 5) is 0. The average molecular weight is 275 g/mol. The maximum Gasteiger partial charge on any atom is 0.182 e. The number of nitrogens with two attached hydrogens (primary N) is 1. The SMILES string of the molecule is CC1CCC(n2nnnc2-c2ccc(N)c(F)c2)CC1. The van der Waals surface area contributed by atoms with Gasteiger partial charge in [-0.1, -0.05) is 6.92 Å². The van der Waals surface area contributed by atoms with E-state index in [4.69, 9.17) is 5.73 Å². The quantitative estimate of drug-likeness (QED) is 0.856. The Bertz CT molecular complexity index is 601. The highest BCUT2D eigenvalue weighted by Gasteiger charge is 2.23. The molecule has 0 radical (unpaired) electrons. The van der Waals surface area contributed by atoms with Crippen LogP contribution >= 0.6 is 0 Å². The van der Waals surface area contributed by atoms with E-state index in [-0.39, 0.29) is 5.69 Å². The fraction of sp³-hybridized carbons (Fsp3) is 0.500. The molecule has 0 unspecified atom stereocenters. The first-order valence-electron chi connectivity index (χ1n) is 6.98. The van der Waals surface area contributed by atoms with Crippen molar-refractivity contribution in [3.05, 3.63) is 24.0 Å². The summed E-state index contributed by atoms with van der Waals surface area (Å²) in [5, 5.41) is 11.9. The topological polar surface area (TPSA) is 69.6 Å². The molecule has 3 rings (SSSR count). The Hall–Kier alpha value is -1.98. The molecule has 0 aliphatic heterocycles. The molecule has 5 nitrogen and oxygen atoms in total. The molecule has 106 valence electrons. The zero-order valence-electron chi connectivity index (χ0n) is 11.5. The van der Waals surface area contributed by atoms with Gasteiger partial charge in [0.15, 0.2) is 5.82 Å². The van der Waals surface area contributed by atoms with Crippen molar-refractivity contribution in [1.29, 1.82) is 0 Å². The van der Waals surface area contributed by atoms with Crippen molar-refractivity contribution >= 4 is 5.69 Å². The standard InChI is InChI=1S/C14H18FN5/c1-9-2-5-11(6-3-9)20-14(17-18-19-20)10-4-7-13(16)12(15)8-10/h4,7-9,11H,2-3,5-6,16H2,1H3. The minimum Gasteiger partial charge on any atom is -0.396 e. The van der Waals surface area contributed by atoms with Gasteiger partial charge in [-0.2, -0.15) is 0 Å². The first kappa shape index (κ1) is 13.0.